The second-order valence-corrected chi connectivity index (χ2v) is 5.61. The smallest absolute Gasteiger partial charge is 0.0692 e. The molecule has 3 rings (SSSR count). The van der Waals surface area contributed by atoms with Crippen LogP contribution in [-0.2, 0) is 4.74 Å². The average molecular weight is 240 g/mol. The van der Waals surface area contributed by atoms with Gasteiger partial charge < -0.3 is 4.74 Å². The maximum absolute atomic E-state index is 5.77. The number of hydrogen-bond acceptors (Lipinski definition) is 1. The van der Waals surface area contributed by atoms with Gasteiger partial charge >= 0.3 is 0 Å². The zero-order valence-corrected chi connectivity index (χ0v) is 11.0. The van der Waals surface area contributed by atoms with E-state index >= 15 is 0 Å². The van der Waals surface area contributed by atoms with Crippen LogP contribution in [0, 0.1) is 5.41 Å². The van der Waals surface area contributed by atoms with Crippen molar-refractivity contribution >= 4 is 5.57 Å². The van der Waals surface area contributed by atoms with E-state index in [1.807, 2.05) is 0 Å². The van der Waals surface area contributed by atoms with Crippen LogP contribution in [0.25, 0.3) is 5.57 Å². The van der Waals surface area contributed by atoms with Crippen LogP contribution in [0.5, 0.6) is 0 Å². The molecule has 0 unspecified atom stereocenters. The molecule has 0 radical (unpaired) electrons. The van der Waals surface area contributed by atoms with Gasteiger partial charge in [-0.15, -0.1) is 0 Å². The Hall–Kier alpha value is -1.34. The summed E-state index contributed by atoms with van der Waals surface area (Å²) in [6.07, 6.45) is 8.30. The normalized spacial score (nSPS) is 33.6. The first-order valence-electron chi connectivity index (χ1n) is 6.83. The molecule has 2 aliphatic rings. The molecule has 1 aromatic rings. The van der Waals surface area contributed by atoms with Crippen LogP contribution in [-0.4, -0.2) is 13.2 Å². The summed E-state index contributed by atoms with van der Waals surface area (Å²) in [5.41, 5.74) is 4.44. The predicted molar refractivity (Wildman–Crippen MR) is 75.3 cm³/mol. The minimum absolute atomic E-state index is 0.246. The summed E-state index contributed by atoms with van der Waals surface area (Å²) < 4.78 is 5.77. The third-order valence-corrected chi connectivity index (χ3v) is 4.19. The molecule has 1 heteroatoms. The van der Waals surface area contributed by atoms with E-state index in [1.165, 1.54) is 36.0 Å². The second kappa shape index (κ2) is 4.74. The number of allylic oxidation sites excluding steroid dienone is 3. The molecule has 1 saturated heterocycles. The van der Waals surface area contributed by atoms with Crippen molar-refractivity contribution in [1.82, 2.24) is 0 Å². The third-order valence-electron chi connectivity index (χ3n) is 4.19. The van der Waals surface area contributed by atoms with Gasteiger partial charge in [-0.25, -0.2) is 0 Å². The number of fused-ring (bicyclic) bond motifs is 1. The molecule has 0 aromatic heterocycles. The van der Waals surface area contributed by atoms with Crippen molar-refractivity contribution in [2.24, 2.45) is 5.41 Å². The van der Waals surface area contributed by atoms with Crippen molar-refractivity contribution in [3.8, 4) is 0 Å². The monoisotopic (exact) mass is 240 g/mol. The fraction of sp³-hybridized carbons (Fsp3) is 0.412. The summed E-state index contributed by atoms with van der Waals surface area (Å²) in [7, 11) is 0. The number of hydrogen-bond donors (Lipinski definition) is 0. The summed E-state index contributed by atoms with van der Waals surface area (Å²) in [6.45, 7) is 4.04. The van der Waals surface area contributed by atoms with Crippen LogP contribution in [0.4, 0.5) is 0 Å². The Kier molecular flexibility index (Phi) is 3.09. The molecule has 18 heavy (non-hydrogen) atoms. The SMILES string of the molecule is C[C@@]12CCC/C=C\C(c3ccccc3)=C/1COC2. The molecule has 1 aromatic carbocycles. The lowest BCUT2D eigenvalue weighted by Crippen LogP contribution is -2.20. The molecule has 1 fully saturated rings. The summed E-state index contributed by atoms with van der Waals surface area (Å²) in [5.74, 6) is 0. The van der Waals surface area contributed by atoms with E-state index in [1.54, 1.807) is 0 Å². The molecule has 94 valence electrons. The minimum Gasteiger partial charge on any atom is -0.376 e. The van der Waals surface area contributed by atoms with E-state index in [-0.39, 0.29) is 5.41 Å². The summed E-state index contributed by atoms with van der Waals surface area (Å²) in [6, 6.07) is 10.7. The molecule has 0 bridgehead atoms. The zero-order valence-electron chi connectivity index (χ0n) is 11.0. The van der Waals surface area contributed by atoms with Gasteiger partial charge in [0.2, 0.25) is 0 Å². The molecule has 0 spiro atoms. The molecule has 1 nitrogen and oxygen atoms in total. The highest BCUT2D eigenvalue weighted by atomic mass is 16.5. The minimum atomic E-state index is 0.246. The highest BCUT2D eigenvalue weighted by Gasteiger charge is 2.36. The quantitative estimate of drug-likeness (QED) is 0.714. The van der Waals surface area contributed by atoms with Crippen molar-refractivity contribution in [1.29, 1.82) is 0 Å². The van der Waals surface area contributed by atoms with Crippen LogP contribution in [0.15, 0.2) is 48.1 Å². The molecule has 1 aliphatic heterocycles. The number of benzene rings is 1. The molecule has 1 heterocycles. The van der Waals surface area contributed by atoms with Crippen molar-refractivity contribution in [3.63, 3.8) is 0 Å². The Morgan fingerprint density at radius 2 is 2.00 bits per heavy atom. The summed E-state index contributed by atoms with van der Waals surface area (Å²) in [4.78, 5) is 0. The Morgan fingerprint density at radius 1 is 1.17 bits per heavy atom. The van der Waals surface area contributed by atoms with Crippen molar-refractivity contribution in [2.45, 2.75) is 26.2 Å². The number of ether oxygens (including phenoxy) is 1. The van der Waals surface area contributed by atoms with Gasteiger partial charge in [0.1, 0.15) is 0 Å². The topological polar surface area (TPSA) is 9.23 Å². The van der Waals surface area contributed by atoms with Crippen LogP contribution in [0.1, 0.15) is 31.7 Å². The lowest BCUT2D eigenvalue weighted by Gasteiger charge is -2.27. The maximum Gasteiger partial charge on any atom is 0.0692 e. The molecule has 0 N–H and O–H groups in total. The van der Waals surface area contributed by atoms with Gasteiger partial charge in [0, 0.05) is 5.41 Å². The van der Waals surface area contributed by atoms with Crippen LogP contribution >= 0.6 is 0 Å². The van der Waals surface area contributed by atoms with Crippen LogP contribution in [0.2, 0.25) is 0 Å². The first kappa shape index (κ1) is 11.7. The number of rotatable bonds is 1. The fourth-order valence-electron chi connectivity index (χ4n) is 3.07. The van der Waals surface area contributed by atoms with Crippen LogP contribution < -0.4 is 0 Å². The van der Waals surface area contributed by atoms with E-state index in [2.05, 4.69) is 49.4 Å². The third kappa shape index (κ3) is 2.04. The Morgan fingerprint density at radius 3 is 2.83 bits per heavy atom. The summed E-state index contributed by atoms with van der Waals surface area (Å²) >= 11 is 0. The summed E-state index contributed by atoms with van der Waals surface area (Å²) in [5, 5.41) is 0. The Labute approximate surface area is 109 Å². The fourth-order valence-corrected chi connectivity index (χ4v) is 3.07. The van der Waals surface area contributed by atoms with Gasteiger partial charge in [-0.1, -0.05) is 49.4 Å². The van der Waals surface area contributed by atoms with Gasteiger partial charge in [-0.3, -0.25) is 0 Å². The lowest BCUT2D eigenvalue weighted by molar-refractivity contribution is 0.154. The first-order valence-corrected chi connectivity index (χ1v) is 6.83. The average Bonchev–Trinajstić information content (AvgIpc) is 2.74. The maximum atomic E-state index is 5.77. The van der Waals surface area contributed by atoms with Gasteiger partial charge in [0.05, 0.1) is 13.2 Å². The molecular weight excluding hydrogens is 220 g/mol. The van der Waals surface area contributed by atoms with Crippen molar-refractivity contribution in [3.05, 3.63) is 53.6 Å². The standard InChI is InChI=1S/C17H20O/c1-17-11-7-3-6-10-15(16(17)12-18-13-17)14-8-4-2-5-9-14/h2,4-6,8-10H,3,7,11-13H2,1H3/b10-6-,16-15+/t17-/m0/s1. The molecular formula is C17H20O. The second-order valence-electron chi connectivity index (χ2n) is 5.61. The highest BCUT2D eigenvalue weighted by Crippen LogP contribution is 2.43. The lowest BCUT2D eigenvalue weighted by atomic mass is 9.76. The van der Waals surface area contributed by atoms with Gasteiger partial charge in [-0.2, -0.15) is 0 Å². The highest BCUT2D eigenvalue weighted by molar-refractivity contribution is 5.78. The zero-order chi connectivity index (χ0) is 12.4. The Balaban J connectivity index is 2.13. The van der Waals surface area contributed by atoms with E-state index in [0.717, 1.165) is 13.2 Å². The van der Waals surface area contributed by atoms with Crippen molar-refractivity contribution in [2.75, 3.05) is 13.2 Å². The van der Waals surface area contributed by atoms with Gasteiger partial charge in [0.15, 0.2) is 0 Å². The molecule has 0 amide bonds. The van der Waals surface area contributed by atoms with E-state index in [9.17, 15) is 0 Å². The van der Waals surface area contributed by atoms with E-state index in [4.69, 9.17) is 4.74 Å². The van der Waals surface area contributed by atoms with Crippen molar-refractivity contribution < 1.29 is 4.74 Å². The molecule has 0 saturated carbocycles. The van der Waals surface area contributed by atoms with E-state index in [0.29, 0.717) is 0 Å². The molecule has 1 aliphatic carbocycles. The largest absolute Gasteiger partial charge is 0.376 e. The van der Waals surface area contributed by atoms with Crippen LogP contribution in [0.3, 0.4) is 0 Å². The first-order chi connectivity index (χ1) is 8.80. The Bertz CT molecular complexity index is 484. The van der Waals surface area contributed by atoms with Gasteiger partial charge in [-0.05, 0) is 36.0 Å². The molecule has 1 atom stereocenters. The van der Waals surface area contributed by atoms with Gasteiger partial charge in [0.25, 0.3) is 0 Å². The van der Waals surface area contributed by atoms with E-state index < -0.39 is 0 Å². The predicted octanol–water partition coefficient (Wildman–Crippen LogP) is 4.22.